The molecule has 0 aliphatic rings. The maximum absolute atomic E-state index is 11.1. The summed E-state index contributed by atoms with van der Waals surface area (Å²) in [5, 5.41) is 3.83. The second kappa shape index (κ2) is 5.66. The largest absolute Gasteiger partial charge is 0.309 e. The zero-order valence-electron chi connectivity index (χ0n) is 9.40. The van der Waals surface area contributed by atoms with Crippen molar-refractivity contribution in [2.75, 3.05) is 12.0 Å². The summed E-state index contributed by atoms with van der Waals surface area (Å²) in [5.41, 5.74) is 0.976. The van der Waals surface area contributed by atoms with Crippen LogP contribution in [0.1, 0.15) is 12.5 Å². The lowest BCUT2D eigenvalue weighted by molar-refractivity contribution is 0.560. The number of rotatable bonds is 5. The Morgan fingerprint density at radius 2 is 2.00 bits per heavy atom. The highest BCUT2D eigenvalue weighted by Gasteiger charge is 2.10. The highest BCUT2D eigenvalue weighted by atomic mass is 35.5. The van der Waals surface area contributed by atoms with Gasteiger partial charge in [0.1, 0.15) is 9.84 Å². The summed E-state index contributed by atoms with van der Waals surface area (Å²) < 4.78 is 22.1. The minimum absolute atomic E-state index is 0.0775. The van der Waals surface area contributed by atoms with Gasteiger partial charge in [0.2, 0.25) is 0 Å². The van der Waals surface area contributed by atoms with Gasteiger partial charge in [-0.1, -0.05) is 29.8 Å². The molecular formula is C11H16ClNO2S. The highest BCUT2D eigenvalue weighted by molar-refractivity contribution is 7.90. The Morgan fingerprint density at radius 3 is 2.56 bits per heavy atom. The number of halogens is 1. The molecule has 3 nitrogen and oxygen atoms in total. The van der Waals surface area contributed by atoms with Crippen molar-refractivity contribution in [3.8, 4) is 0 Å². The Bertz CT molecular complexity index is 445. The molecular weight excluding hydrogens is 246 g/mol. The SMILES string of the molecule is CC(CS(C)(=O)=O)NCc1ccccc1Cl. The minimum atomic E-state index is -2.93. The third-order valence-electron chi connectivity index (χ3n) is 2.15. The highest BCUT2D eigenvalue weighted by Crippen LogP contribution is 2.14. The first-order valence-electron chi connectivity index (χ1n) is 5.03. The van der Waals surface area contributed by atoms with Gasteiger partial charge in [0.05, 0.1) is 5.75 Å². The quantitative estimate of drug-likeness (QED) is 0.880. The van der Waals surface area contributed by atoms with Gasteiger partial charge >= 0.3 is 0 Å². The molecule has 1 rings (SSSR count). The van der Waals surface area contributed by atoms with Crippen molar-refractivity contribution in [1.82, 2.24) is 5.32 Å². The number of hydrogen-bond donors (Lipinski definition) is 1. The average Bonchev–Trinajstić information content (AvgIpc) is 2.14. The van der Waals surface area contributed by atoms with Gasteiger partial charge in [-0.05, 0) is 18.6 Å². The first kappa shape index (κ1) is 13.5. The molecule has 0 spiro atoms. The molecule has 1 atom stereocenters. The molecule has 0 radical (unpaired) electrons. The molecule has 0 saturated heterocycles. The zero-order chi connectivity index (χ0) is 12.2. The third-order valence-corrected chi connectivity index (χ3v) is 3.63. The molecule has 90 valence electrons. The summed E-state index contributed by atoms with van der Waals surface area (Å²) in [7, 11) is -2.93. The molecule has 1 aromatic rings. The summed E-state index contributed by atoms with van der Waals surface area (Å²) in [6.45, 7) is 2.42. The van der Waals surface area contributed by atoms with Crippen molar-refractivity contribution >= 4 is 21.4 Å². The normalized spacial score (nSPS) is 13.7. The van der Waals surface area contributed by atoms with E-state index in [1.807, 2.05) is 31.2 Å². The van der Waals surface area contributed by atoms with E-state index < -0.39 is 9.84 Å². The lowest BCUT2D eigenvalue weighted by Gasteiger charge is -2.13. The number of sulfone groups is 1. The first-order chi connectivity index (χ1) is 7.38. The zero-order valence-corrected chi connectivity index (χ0v) is 11.0. The Kier molecular flexibility index (Phi) is 4.77. The average molecular weight is 262 g/mol. The van der Waals surface area contributed by atoms with E-state index in [0.29, 0.717) is 11.6 Å². The van der Waals surface area contributed by atoms with E-state index in [-0.39, 0.29) is 11.8 Å². The third kappa shape index (κ3) is 4.96. The van der Waals surface area contributed by atoms with E-state index in [1.54, 1.807) is 0 Å². The molecule has 16 heavy (non-hydrogen) atoms. The molecule has 1 aromatic carbocycles. The molecule has 0 heterocycles. The smallest absolute Gasteiger partial charge is 0.148 e. The van der Waals surface area contributed by atoms with Crippen LogP contribution in [0.4, 0.5) is 0 Å². The van der Waals surface area contributed by atoms with E-state index in [1.165, 1.54) is 6.26 Å². The summed E-state index contributed by atoms with van der Waals surface area (Å²) in [6.07, 6.45) is 1.24. The predicted molar refractivity (Wildman–Crippen MR) is 67.5 cm³/mol. The Hall–Kier alpha value is -0.580. The van der Waals surface area contributed by atoms with Crippen molar-refractivity contribution in [2.24, 2.45) is 0 Å². The Labute approximate surface area is 102 Å². The number of benzene rings is 1. The topological polar surface area (TPSA) is 46.2 Å². The molecule has 0 aliphatic heterocycles. The fourth-order valence-electron chi connectivity index (χ4n) is 1.44. The van der Waals surface area contributed by atoms with Crippen LogP contribution in [0.15, 0.2) is 24.3 Å². The van der Waals surface area contributed by atoms with Crippen LogP contribution in [0.5, 0.6) is 0 Å². The second-order valence-corrected chi connectivity index (χ2v) is 6.56. The van der Waals surface area contributed by atoms with Crippen LogP contribution in [0.2, 0.25) is 5.02 Å². The van der Waals surface area contributed by atoms with Gasteiger partial charge in [0.25, 0.3) is 0 Å². The van der Waals surface area contributed by atoms with Crippen molar-refractivity contribution < 1.29 is 8.42 Å². The van der Waals surface area contributed by atoms with E-state index in [9.17, 15) is 8.42 Å². The minimum Gasteiger partial charge on any atom is -0.309 e. The lowest BCUT2D eigenvalue weighted by Crippen LogP contribution is -2.32. The monoisotopic (exact) mass is 261 g/mol. The Balaban J connectivity index is 2.49. The van der Waals surface area contributed by atoms with Crippen LogP contribution >= 0.6 is 11.6 Å². The standard InChI is InChI=1S/C11H16ClNO2S/c1-9(8-16(2,14)15)13-7-10-5-3-4-6-11(10)12/h3-6,9,13H,7-8H2,1-2H3. The van der Waals surface area contributed by atoms with Gasteiger partial charge in [-0.15, -0.1) is 0 Å². The fourth-order valence-corrected chi connectivity index (χ4v) is 2.67. The first-order valence-corrected chi connectivity index (χ1v) is 7.47. The number of hydrogen-bond acceptors (Lipinski definition) is 3. The van der Waals surface area contributed by atoms with E-state index in [2.05, 4.69) is 5.32 Å². The second-order valence-electron chi connectivity index (χ2n) is 3.97. The van der Waals surface area contributed by atoms with E-state index in [0.717, 1.165) is 5.56 Å². The van der Waals surface area contributed by atoms with Crippen molar-refractivity contribution in [2.45, 2.75) is 19.5 Å². The lowest BCUT2D eigenvalue weighted by atomic mass is 10.2. The predicted octanol–water partition coefficient (Wildman–Crippen LogP) is 1.86. The molecule has 5 heteroatoms. The molecule has 0 amide bonds. The molecule has 0 fully saturated rings. The van der Waals surface area contributed by atoms with Crippen molar-refractivity contribution in [3.63, 3.8) is 0 Å². The molecule has 1 unspecified atom stereocenters. The van der Waals surface area contributed by atoms with Crippen LogP contribution in [0.3, 0.4) is 0 Å². The van der Waals surface area contributed by atoms with Crippen molar-refractivity contribution in [3.05, 3.63) is 34.9 Å². The van der Waals surface area contributed by atoms with Crippen molar-refractivity contribution in [1.29, 1.82) is 0 Å². The summed E-state index contributed by atoms with van der Waals surface area (Å²) >= 11 is 5.98. The van der Waals surface area contributed by atoms with Gasteiger partial charge in [0.15, 0.2) is 0 Å². The van der Waals surface area contributed by atoms with Crippen LogP contribution < -0.4 is 5.32 Å². The number of nitrogens with one attached hydrogen (secondary N) is 1. The van der Waals surface area contributed by atoms with Crippen LogP contribution in [0, 0.1) is 0 Å². The molecule has 0 aromatic heterocycles. The molecule has 1 N–H and O–H groups in total. The van der Waals surface area contributed by atoms with Crippen LogP contribution in [0.25, 0.3) is 0 Å². The van der Waals surface area contributed by atoms with Gasteiger partial charge in [-0.3, -0.25) is 0 Å². The van der Waals surface area contributed by atoms with Gasteiger partial charge in [-0.25, -0.2) is 8.42 Å². The maximum atomic E-state index is 11.1. The van der Waals surface area contributed by atoms with Crippen LogP contribution in [-0.2, 0) is 16.4 Å². The van der Waals surface area contributed by atoms with Gasteiger partial charge in [0, 0.05) is 23.9 Å². The molecule has 0 aliphatic carbocycles. The summed E-state index contributed by atoms with van der Waals surface area (Å²) in [6, 6.07) is 7.43. The Morgan fingerprint density at radius 1 is 1.38 bits per heavy atom. The summed E-state index contributed by atoms with van der Waals surface area (Å²) in [5.74, 6) is 0.136. The fraction of sp³-hybridized carbons (Fsp3) is 0.455. The van der Waals surface area contributed by atoms with E-state index >= 15 is 0 Å². The molecule has 0 saturated carbocycles. The van der Waals surface area contributed by atoms with Gasteiger partial charge in [-0.2, -0.15) is 0 Å². The van der Waals surface area contributed by atoms with Gasteiger partial charge < -0.3 is 5.32 Å². The van der Waals surface area contributed by atoms with E-state index in [4.69, 9.17) is 11.6 Å². The van der Waals surface area contributed by atoms with Crippen LogP contribution in [-0.4, -0.2) is 26.5 Å². The maximum Gasteiger partial charge on any atom is 0.148 e. The molecule has 0 bridgehead atoms. The summed E-state index contributed by atoms with van der Waals surface area (Å²) in [4.78, 5) is 0.